The van der Waals surface area contributed by atoms with Crippen molar-refractivity contribution in [2.45, 2.75) is 44.8 Å². The Kier molecular flexibility index (Phi) is 6.18. The summed E-state index contributed by atoms with van der Waals surface area (Å²) in [5.41, 5.74) is 5.76. The monoisotopic (exact) mass is 332 g/mol. The number of benzene rings is 1. The molecule has 1 atom stereocenters. The lowest BCUT2D eigenvalue weighted by atomic mass is 10.2. The van der Waals surface area contributed by atoms with E-state index in [1.54, 1.807) is 31.2 Å². The fourth-order valence-electron chi connectivity index (χ4n) is 2.38. The quantitative estimate of drug-likeness (QED) is 0.575. The van der Waals surface area contributed by atoms with E-state index in [2.05, 4.69) is 16.2 Å². The van der Waals surface area contributed by atoms with Crippen molar-refractivity contribution >= 4 is 23.2 Å². The summed E-state index contributed by atoms with van der Waals surface area (Å²) in [6, 6.07) is 9.00. The molecule has 1 fully saturated rings. The standard InChI is InChI=1S/C16H20N4O2S/c1-11(22-14-8-6-12(10-17)7-9-14)15(21)19-20-16(23)18-13-4-2-3-5-13/h6-9,11,13H,2-5H2,1H3,(H,19,21)(H2,18,20,23)/t11-/m0/s1. The molecule has 1 saturated carbocycles. The predicted molar refractivity (Wildman–Crippen MR) is 90.5 cm³/mol. The van der Waals surface area contributed by atoms with E-state index in [9.17, 15) is 4.79 Å². The fraction of sp³-hybridized carbons (Fsp3) is 0.438. The minimum Gasteiger partial charge on any atom is -0.481 e. The maximum Gasteiger partial charge on any atom is 0.279 e. The number of hydrogen-bond donors (Lipinski definition) is 3. The first-order chi connectivity index (χ1) is 11.1. The number of amides is 1. The number of nitriles is 1. The van der Waals surface area contributed by atoms with Crippen LogP contribution in [0.2, 0.25) is 0 Å². The SMILES string of the molecule is C[C@H](Oc1ccc(C#N)cc1)C(=O)NNC(=S)NC1CCCC1. The van der Waals surface area contributed by atoms with Crippen LogP contribution < -0.4 is 20.9 Å². The Balaban J connectivity index is 1.73. The van der Waals surface area contributed by atoms with E-state index in [1.807, 2.05) is 6.07 Å². The molecule has 2 rings (SSSR count). The van der Waals surface area contributed by atoms with Gasteiger partial charge < -0.3 is 10.1 Å². The number of hydrogen-bond acceptors (Lipinski definition) is 4. The van der Waals surface area contributed by atoms with Gasteiger partial charge in [0.25, 0.3) is 5.91 Å². The van der Waals surface area contributed by atoms with Crippen LogP contribution in [-0.4, -0.2) is 23.2 Å². The van der Waals surface area contributed by atoms with Crippen molar-refractivity contribution in [3.05, 3.63) is 29.8 Å². The number of nitrogens with one attached hydrogen (secondary N) is 3. The second-order valence-electron chi connectivity index (χ2n) is 5.47. The van der Waals surface area contributed by atoms with Crippen LogP contribution in [0.15, 0.2) is 24.3 Å². The Morgan fingerprint density at radius 2 is 1.96 bits per heavy atom. The molecule has 1 aliphatic rings. The molecule has 23 heavy (non-hydrogen) atoms. The molecular formula is C16H20N4O2S. The Labute approximate surface area is 141 Å². The molecule has 0 aromatic heterocycles. The molecule has 3 N–H and O–H groups in total. The maximum absolute atomic E-state index is 12.0. The summed E-state index contributed by atoms with van der Waals surface area (Å²) >= 11 is 5.14. The Hall–Kier alpha value is -2.33. The Bertz CT molecular complexity index is 591. The fourth-order valence-corrected chi connectivity index (χ4v) is 2.60. The molecule has 122 valence electrons. The molecule has 7 heteroatoms. The minimum absolute atomic E-state index is 0.329. The molecule has 0 radical (unpaired) electrons. The van der Waals surface area contributed by atoms with Crippen LogP contribution in [0.5, 0.6) is 5.75 Å². The van der Waals surface area contributed by atoms with Crippen LogP contribution in [0.4, 0.5) is 0 Å². The van der Waals surface area contributed by atoms with Gasteiger partial charge in [0.15, 0.2) is 11.2 Å². The number of carbonyl (C=O) groups excluding carboxylic acids is 1. The van der Waals surface area contributed by atoms with Crippen molar-refractivity contribution < 1.29 is 9.53 Å². The van der Waals surface area contributed by atoms with Crippen LogP contribution >= 0.6 is 12.2 Å². The van der Waals surface area contributed by atoms with Crippen molar-refractivity contribution in [2.24, 2.45) is 0 Å². The molecule has 6 nitrogen and oxygen atoms in total. The van der Waals surface area contributed by atoms with Crippen LogP contribution in [0.3, 0.4) is 0 Å². The van der Waals surface area contributed by atoms with Gasteiger partial charge in [-0.2, -0.15) is 5.26 Å². The van der Waals surface area contributed by atoms with Crippen molar-refractivity contribution in [1.82, 2.24) is 16.2 Å². The van der Waals surface area contributed by atoms with Crippen LogP contribution in [-0.2, 0) is 4.79 Å². The van der Waals surface area contributed by atoms with Gasteiger partial charge in [-0.05, 0) is 56.2 Å². The van der Waals surface area contributed by atoms with E-state index in [4.69, 9.17) is 22.2 Å². The molecular weight excluding hydrogens is 312 g/mol. The molecule has 1 aromatic rings. The van der Waals surface area contributed by atoms with E-state index in [-0.39, 0.29) is 5.91 Å². The first-order valence-corrected chi connectivity index (χ1v) is 8.02. The second kappa shape index (κ2) is 8.34. The average Bonchev–Trinajstić information content (AvgIpc) is 3.06. The molecule has 1 amide bonds. The summed E-state index contributed by atoms with van der Waals surface area (Å²) in [7, 11) is 0. The lowest BCUT2D eigenvalue weighted by Crippen LogP contribution is -2.52. The van der Waals surface area contributed by atoms with Gasteiger partial charge in [-0.3, -0.25) is 15.6 Å². The second-order valence-corrected chi connectivity index (χ2v) is 5.87. The van der Waals surface area contributed by atoms with Gasteiger partial charge in [0.2, 0.25) is 0 Å². The van der Waals surface area contributed by atoms with Crippen molar-refractivity contribution in [1.29, 1.82) is 5.26 Å². The van der Waals surface area contributed by atoms with E-state index in [1.165, 1.54) is 12.8 Å². The highest BCUT2D eigenvalue weighted by Crippen LogP contribution is 2.17. The smallest absolute Gasteiger partial charge is 0.279 e. The molecule has 0 heterocycles. The van der Waals surface area contributed by atoms with E-state index >= 15 is 0 Å². The highest BCUT2D eigenvalue weighted by molar-refractivity contribution is 7.80. The number of nitrogens with zero attached hydrogens (tertiary/aromatic N) is 1. The van der Waals surface area contributed by atoms with Crippen LogP contribution in [0.25, 0.3) is 0 Å². The highest BCUT2D eigenvalue weighted by atomic mass is 32.1. The molecule has 1 aromatic carbocycles. The number of hydrazine groups is 1. The number of carbonyl (C=O) groups is 1. The molecule has 0 aliphatic heterocycles. The summed E-state index contributed by atoms with van der Waals surface area (Å²) in [6.07, 6.45) is 3.94. The van der Waals surface area contributed by atoms with Gasteiger partial charge in [-0.15, -0.1) is 0 Å². The van der Waals surface area contributed by atoms with Crippen molar-refractivity contribution in [3.63, 3.8) is 0 Å². The van der Waals surface area contributed by atoms with Gasteiger partial charge >= 0.3 is 0 Å². The van der Waals surface area contributed by atoms with Gasteiger partial charge in [0.05, 0.1) is 11.6 Å². The zero-order valence-electron chi connectivity index (χ0n) is 13.0. The van der Waals surface area contributed by atoms with Crippen molar-refractivity contribution in [2.75, 3.05) is 0 Å². The van der Waals surface area contributed by atoms with Gasteiger partial charge in [-0.1, -0.05) is 12.8 Å². The first-order valence-electron chi connectivity index (χ1n) is 7.61. The summed E-state index contributed by atoms with van der Waals surface area (Å²) in [5.74, 6) is 0.197. The zero-order valence-corrected chi connectivity index (χ0v) is 13.8. The summed E-state index contributed by atoms with van der Waals surface area (Å²) in [4.78, 5) is 12.0. The predicted octanol–water partition coefficient (Wildman–Crippen LogP) is 1.76. The largest absolute Gasteiger partial charge is 0.481 e. The zero-order chi connectivity index (χ0) is 16.7. The summed E-state index contributed by atoms with van der Waals surface area (Å²) in [6.45, 7) is 1.64. The molecule has 0 saturated heterocycles. The molecule has 0 unspecified atom stereocenters. The van der Waals surface area contributed by atoms with E-state index < -0.39 is 6.10 Å². The summed E-state index contributed by atoms with van der Waals surface area (Å²) < 4.78 is 5.52. The molecule has 1 aliphatic carbocycles. The number of thiocarbonyl (C=S) groups is 1. The van der Waals surface area contributed by atoms with Gasteiger partial charge in [-0.25, -0.2) is 0 Å². The molecule has 0 spiro atoms. The van der Waals surface area contributed by atoms with E-state index in [0.717, 1.165) is 12.8 Å². The third-order valence-electron chi connectivity index (χ3n) is 3.66. The van der Waals surface area contributed by atoms with Crippen LogP contribution in [0, 0.1) is 11.3 Å². The van der Waals surface area contributed by atoms with Crippen molar-refractivity contribution in [3.8, 4) is 11.8 Å². The Morgan fingerprint density at radius 1 is 1.30 bits per heavy atom. The maximum atomic E-state index is 12.0. The Morgan fingerprint density at radius 3 is 2.57 bits per heavy atom. The summed E-state index contributed by atoms with van der Waals surface area (Å²) in [5, 5.41) is 12.3. The molecule has 0 bridgehead atoms. The minimum atomic E-state index is -0.690. The third-order valence-corrected chi connectivity index (χ3v) is 3.88. The average molecular weight is 332 g/mol. The number of ether oxygens (including phenoxy) is 1. The third kappa shape index (κ3) is 5.42. The first kappa shape index (κ1) is 17.0. The van der Waals surface area contributed by atoms with Gasteiger partial charge in [0, 0.05) is 6.04 Å². The topological polar surface area (TPSA) is 86.2 Å². The number of rotatable bonds is 4. The lowest BCUT2D eigenvalue weighted by Gasteiger charge is -2.18. The van der Waals surface area contributed by atoms with E-state index in [0.29, 0.717) is 22.5 Å². The normalized spacial score (nSPS) is 15.3. The van der Waals surface area contributed by atoms with Crippen LogP contribution in [0.1, 0.15) is 38.2 Å². The van der Waals surface area contributed by atoms with Gasteiger partial charge in [0.1, 0.15) is 5.75 Å². The highest BCUT2D eigenvalue weighted by Gasteiger charge is 2.17. The lowest BCUT2D eigenvalue weighted by molar-refractivity contribution is -0.127.